The van der Waals surface area contributed by atoms with Gasteiger partial charge < -0.3 is 5.32 Å². The van der Waals surface area contributed by atoms with Crippen molar-refractivity contribution in [1.29, 1.82) is 0 Å². The van der Waals surface area contributed by atoms with E-state index in [-0.39, 0.29) is 10.8 Å². The summed E-state index contributed by atoms with van der Waals surface area (Å²) in [7, 11) is -0.629. The van der Waals surface area contributed by atoms with Crippen LogP contribution in [0.15, 0.2) is 35.4 Å². The van der Waals surface area contributed by atoms with Gasteiger partial charge in [0.05, 0.1) is 10.5 Å². The van der Waals surface area contributed by atoms with Crippen molar-refractivity contribution in [3.63, 3.8) is 0 Å². The molecule has 0 spiro atoms. The van der Waals surface area contributed by atoms with Crippen molar-refractivity contribution in [1.82, 2.24) is 9.29 Å². The van der Waals surface area contributed by atoms with Gasteiger partial charge in [0.1, 0.15) is 0 Å². The highest BCUT2D eigenvalue weighted by Crippen LogP contribution is 2.26. The van der Waals surface area contributed by atoms with Crippen LogP contribution in [0.4, 0.5) is 5.69 Å². The van der Waals surface area contributed by atoms with E-state index in [4.69, 9.17) is 0 Å². The minimum Gasteiger partial charge on any atom is -0.322 e. The number of rotatable bonds is 4. The van der Waals surface area contributed by atoms with Crippen LogP contribution in [0, 0.1) is 20.8 Å². The van der Waals surface area contributed by atoms with Gasteiger partial charge in [-0.3, -0.25) is 9.78 Å². The lowest BCUT2D eigenvalue weighted by molar-refractivity contribution is 0.102. The van der Waals surface area contributed by atoms with Crippen LogP contribution in [0.25, 0.3) is 0 Å². The molecule has 24 heavy (non-hydrogen) atoms. The van der Waals surface area contributed by atoms with Gasteiger partial charge in [0, 0.05) is 31.7 Å². The molecular formula is C17H21N3O3S. The zero-order valence-corrected chi connectivity index (χ0v) is 15.2. The molecule has 0 fully saturated rings. The standard InChI is InChI=1S/C17H21N3O3S/c1-11-8-15(24(22,23)20(4)5)9-16(13(11)3)19-17(21)14-7-6-12(2)18-10-14/h6-10H,1-5H3,(H,19,21). The summed E-state index contributed by atoms with van der Waals surface area (Å²) in [6.07, 6.45) is 1.49. The van der Waals surface area contributed by atoms with E-state index in [9.17, 15) is 13.2 Å². The lowest BCUT2D eigenvalue weighted by Crippen LogP contribution is -2.23. The Bertz CT molecular complexity index is 873. The molecule has 0 unspecified atom stereocenters. The lowest BCUT2D eigenvalue weighted by Gasteiger charge is -2.16. The number of amides is 1. The number of carbonyl (C=O) groups is 1. The maximum Gasteiger partial charge on any atom is 0.257 e. The normalized spacial score (nSPS) is 11.6. The maximum atomic E-state index is 12.4. The van der Waals surface area contributed by atoms with Crippen molar-refractivity contribution < 1.29 is 13.2 Å². The van der Waals surface area contributed by atoms with Crippen LogP contribution in [0.1, 0.15) is 27.2 Å². The number of sulfonamides is 1. The predicted octanol–water partition coefficient (Wildman–Crippen LogP) is 2.51. The van der Waals surface area contributed by atoms with Crippen LogP contribution in [0.5, 0.6) is 0 Å². The zero-order chi connectivity index (χ0) is 18.1. The van der Waals surface area contributed by atoms with Crippen molar-refractivity contribution in [3.05, 3.63) is 52.8 Å². The molecule has 1 aromatic carbocycles. The Balaban J connectivity index is 2.41. The van der Waals surface area contributed by atoms with Gasteiger partial charge in [-0.1, -0.05) is 0 Å². The number of carbonyl (C=O) groups excluding carboxylic acids is 1. The van der Waals surface area contributed by atoms with E-state index >= 15 is 0 Å². The van der Waals surface area contributed by atoms with E-state index < -0.39 is 10.0 Å². The van der Waals surface area contributed by atoms with Gasteiger partial charge in [-0.2, -0.15) is 0 Å². The van der Waals surface area contributed by atoms with Gasteiger partial charge in [0.25, 0.3) is 5.91 Å². The molecule has 7 heteroatoms. The third-order valence-electron chi connectivity index (χ3n) is 3.84. The fourth-order valence-electron chi connectivity index (χ4n) is 2.11. The minimum absolute atomic E-state index is 0.146. The van der Waals surface area contributed by atoms with Gasteiger partial charge in [-0.15, -0.1) is 0 Å². The summed E-state index contributed by atoms with van der Waals surface area (Å²) in [4.78, 5) is 16.6. The van der Waals surface area contributed by atoms with Crippen LogP contribution in [0.3, 0.4) is 0 Å². The van der Waals surface area contributed by atoms with Crippen LogP contribution in [0.2, 0.25) is 0 Å². The molecule has 0 saturated carbocycles. The molecule has 0 bridgehead atoms. The fraction of sp³-hybridized carbons (Fsp3) is 0.294. The highest BCUT2D eigenvalue weighted by molar-refractivity contribution is 7.89. The number of benzene rings is 1. The third kappa shape index (κ3) is 3.63. The van der Waals surface area contributed by atoms with Crippen molar-refractivity contribution in [3.8, 4) is 0 Å². The first kappa shape index (κ1) is 18.1. The second-order valence-corrected chi connectivity index (χ2v) is 7.99. The summed E-state index contributed by atoms with van der Waals surface area (Å²) >= 11 is 0. The van der Waals surface area contributed by atoms with E-state index in [1.54, 1.807) is 18.2 Å². The summed E-state index contributed by atoms with van der Waals surface area (Å²) < 4.78 is 25.8. The molecule has 0 radical (unpaired) electrons. The number of aryl methyl sites for hydroxylation is 2. The first-order chi connectivity index (χ1) is 11.1. The van der Waals surface area contributed by atoms with Crippen LogP contribution in [-0.2, 0) is 10.0 Å². The number of nitrogens with one attached hydrogen (secondary N) is 1. The average molecular weight is 347 g/mol. The quantitative estimate of drug-likeness (QED) is 0.922. The minimum atomic E-state index is -3.58. The molecule has 0 aliphatic carbocycles. The summed E-state index contributed by atoms with van der Waals surface area (Å²) in [5.74, 6) is -0.329. The number of pyridine rings is 1. The molecule has 1 heterocycles. The molecule has 0 aliphatic rings. The molecule has 0 saturated heterocycles. The maximum absolute atomic E-state index is 12.4. The summed E-state index contributed by atoms with van der Waals surface area (Å²) in [6, 6.07) is 6.52. The smallest absolute Gasteiger partial charge is 0.257 e. The molecule has 1 N–H and O–H groups in total. The Morgan fingerprint density at radius 1 is 1.12 bits per heavy atom. The second-order valence-electron chi connectivity index (χ2n) is 5.84. The monoisotopic (exact) mass is 347 g/mol. The molecule has 1 aromatic heterocycles. The van der Waals surface area contributed by atoms with E-state index in [1.165, 1.54) is 26.4 Å². The van der Waals surface area contributed by atoms with Crippen molar-refractivity contribution >= 4 is 21.6 Å². The van der Waals surface area contributed by atoms with Crippen molar-refractivity contribution in [2.24, 2.45) is 0 Å². The Labute approximate surface area is 142 Å². The molecule has 1 amide bonds. The Morgan fingerprint density at radius 2 is 1.79 bits per heavy atom. The molecule has 2 rings (SSSR count). The van der Waals surface area contributed by atoms with Gasteiger partial charge >= 0.3 is 0 Å². The van der Waals surface area contributed by atoms with E-state index in [2.05, 4.69) is 10.3 Å². The fourth-order valence-corrected chi connectivity index (χ4v) is 3.13. The van der Waals surface area contributed by atoms with Gasteiger partial charge in [0.15, 0.2) is 0 Å². The third-order valence-corrected chi connectivity index (χ3v) is 5.63. The molecule has 2 aromatic rings. The van der Waals surface area contributed by atoms with E-state index in [0.29, 0.717) is 11.3 Å². The highest BCUT2D eigenvalue weighted by atomic mass is 32.2. The van der Waals surface area contributed by atoms with Crippen LogP contribution >= 0.6 is 0 Å². The summed E-state index contributed by atoms with van der Waals surface area (Å²) in [5, 5.41) is 2.78. The van der Waals surface area contributed by atoms with E-state index in [0.717, 1.165) is 21.1 Å². The summed E-state index contributed by atoms with van der Waals surface area (Å²) in [5.41, 5.74) is 3.31. The predicted molar refractivity (Wildman–Crippen MR) is 93.7 cm³/mol. The van der Waals surface area contributed by atoms with Crippen LogP contribution in [-0.4, -0.2) is 37.7 Å². The largest absolute Gasteiger partial charge is 0.322 e. The second kappa shape index (κ2) is 6.70. The zero-order valence-electron chi connectivity index (χ0n) is 14.4. The molecule has 0 aliphatic heterocycles. The van der Waals surface area contributed by atoms with Crippen molar-refractivity contribution in [2.45, 2.75) is 25.7 Å². The molecule has 128 valence electrons. The Hall–Kier alpha value is -2.25. The van der Waals surface area contributed by atoms with Crippen molar-refractivity contribution in [2.75, 3.05) is 19.4 Å². The number of aromatic nitrogens is 1. The summed E-state index contributed by atoms with van der Waals surface area (Å²) in [6.45, 7) is 5.49. The highest BCUT2D eigenvalue weighted by Gasteiger charge is 2.20. The first-order valence-electron chi connectivity index (χ1n) is 7.40. The number of nitrogens with zero attached hydrogens (tertiary/aromatic N) is 2. The first-order valence-corrected chi connectivity index (χ1v) is 8.84. The average Bonchev–Trinajstić information content (AvgIpc) is 2.51. The van der Waals surface area contributed by atoms with Gasteiger partial charge in [-0.05, 0) is 56.2 Å². The molecule has 0 atom stereocenters. The number of anilines is 1. The van der Waals surface area contributed by atoms with Gasteiger partial charge in [0.2, 0.25) is 10.0 Å². The van der Waals surface area contributed by atoms with Crippen LogP contribution < -0.4 is 5.32 Å². The number of hydrogen-bond donors (Lipinski definition) is 1. The number of hydrogen-bond acceptors (Lipinski definition) is 4. The van der Waals surface area contributed by atoms with Gasteiger partial charge in [-0.25, -0.2) is 12.7 Å². The lowest BCUT2D eigenvalue weighted by atomic mass is 10.1. The van der Waals surface area contributed by atoms with E-state index in [1.807, 2.05) is 20.8 Å². The molecule has 6 nitrogen and oxygen atoms in total. The molecular weight excluding hydrogens is 326 g/mol. The topological polar surface area (TPSA) is 79.4 Å². The Morgan fingerprint density at radius 3 is 2.33 bits per heavy atom. The SMILES string of the molecule is Cc1ccc(C(=O)Nc2cc(S(=O)(=O)N(C)C)cc(C)c2C)cn1. The Kier molecular flexibility index (Phi) is 5.05.